The van der Waals surface area contributed by atoms with E-state index in [1.807, 2.05) is 0 Å². The van der Waals surface area contributed by atoms with Gasteiger partial charge in [0.2, 0.25) is 0 Å². The maximum absolute atomic E-state index is 11.4. The lowest BCUT2D eigenvalue weighted by molar-refractivity contribution is -0.127. The molecular formula is C12H21NO2. The van der Waals surface area contributed by atoms with Crippen molar-refractivity contribution in [1.82, 2.24) is 5.32 Å². The lowest BCUT2D eigenvalue weighted by Crippen LogP contribution is -2.17. The van der Waals surface area contributed by atoms with E-state index in [-0.39, 0.29) is 18.0 Å². The Bertz CT molecular complexity index is 192. The van der Waals surface area contributed by atoms with Gasteiger partial charge in [-0.15, -0.1) is 0 Å². The van der Waals surface area contributed by atoms with Gasteiger partial charge in [-0.3, -0.25) is 9.59 Å². The summed E-state index contributed by atoms with van der Waals surface area (Å²) < 4.78 is 0. The van der Waals surface area contributed by atoms with Gasteiger partial charge in [-0.2, -0.15) is 0 Å². The Hall–Kier alpha value is -0.700. The molecule has 0 spiro atoms. The highest BCUT2D eigenvalue weighted by molar-refractivity contribution is 5.98. The molecule has 86 valence electrons. The van der Waals surface area contributed by atoms with Crippen molar-refractivity contribution in [3.05, 3.63) is 0 Å². The summed E-state index contributed by atoms with van der Waals surface area (Å²) in [4.78, 5) is 22.7. The van der Waals surface area contributed by atoms with E-state index in [0.29, 0.717) is 12.8 Å². The first-order chi connectivity index (χ1) is 7.29. The van der Waals surface area contributed by atoms with Crippen molar-refractivity contribution in [2.75, 3.05) is 13.1 Å². The van der Waals surface area contributed by atoms with Crippen LogP contribution in [0.3, 0.4) is 0 Å². The number of hydrogen-bond donors (Lipinski definition) is 1. The molecule has 0 amide bonds. The van der Waals surface area contributed by atoms with Gasteiger partial charge in [0.05, 0.1) is 6.42 Å². The van der Waals surface area contributed by atoms with Gasteiger partial charge in [0.1, 0.15) is 11.6 Å². The zero-order valence-electron chi connectivity index (χ0n) is 9.39. The van der Waals surface area contributed by atoms with Crippen LogP contribution in [-0.4, -0.2) is 24.7 Å². The second-order valence-corrected chi connectivity index (χ2v) is 4.27. The molecule has 0 atom stereocenters. The quantitative estimate of drug-likeness (QED) is 0.622. The zero-order valence-corrected chi connectivity index (χ0v) is 9.39. The fourth-order valence-corrected chi connectivity index (χ4v) is 1.86. The Kier molecular flexibility index (Phi) is 6.25. The Labute approximate surface area is 91.6 Å². The fraction of sp³-hybridized carbons (Fsp3) is 0.833. The van der Waals surface area contributed by atoms with Crippen molar-refractivity contribution < 1.29 is 9.59 Å². The van der Waals surface area contributed by atoms with E-state index < -0.39 is 0 Å². The second kappa shape index (κ2) is 7.57. The highest BCUT2D eigenvalue weighted by Gasteiger charge is 2.09. The number of Topliss-reactive ketones (excluding diaryl/α,β-unsaturated/α-hetero) is 2. The van der Waals surface area contributed by atoms with E-state index in [9.17, 15) is 9.59 Å². The number of hydrogen-bond acceptors (Lipinski definition) is 3. The molecule has 1 saturated heterocycles. The van der Waals surface area contributed by atoms with Gasteiger partial charge in [-0.05, 0) is 32.4 Å². The number of carbonyl (C=O) groups is 2. The van der Waals surface area contributed by atoms with E-state index in [0.717, 1.165) is 32.4 Å². The van der Waals surface area contributed by atoms with Crippen LogP contribution in [0.2, 0.25) is 0 Å². The lowest BCUT2D eigenvalue weighted by Gasteiger charge is -2.02. The first-order valence-corrected chi connectivity index (χ1v) is 6.03. The smallest absolute Gasteiger partial charge is 0.140 e. The molecule has 0 bridgehead atoms. The topological polar surface area (TPSA) is 46.2 Å². The van der Waals surface area contributed by atoms with Crippen molar-refractivity contribution in [2.24, 2.45) is 0 Å². The number of ketones is 2. The van der Waals surface area contributed by atoms with Gasteiger partial charge in [0.25, 0.3) is 0 Å². The van der Waals surface area contributed by atoms with Crippen LogP contribution in [0, 0.1) is 0 Å². The summed E-state index contributed by atoms with van der Waals surface area (Å²) in [6.45, 7) is 1.95. The molecule has 0 aromatic carbocycles. The predicted octanol–water partition coefficient (Wildman–Crippen LogP) is 1.85. The Morgan fingerprint density at radius 1 is 0.733 bits per heavy atom. The summed E-state index contributed by atoms with van der Waals surface area (Å²) in [5, 5.41) is 3.32. The molecule has 0 saturated carbocycles. The van der Waals surface area contributed by atoms with Crippen LogP contribution in [-0.2, 0) is 9.59 Å². The molecule has 0 unspecified atom stereocenters. The summed E-state index contributed by atoms with van der Waals surface area (Å²) in [6, 6.07) is 0. The van der Waals surface area contributed by atoms with E-state index >= 15 is 0 Å². The molecule has 1 aliphatic heterocycles. The van der Waals surface area contributed by atoms with Crippen molar-refractivity contribution >= 4 is 11.6 Å². The van der Waals surface area contributed by atoms with Gasteiger partial charge >= 0.3 is 0 Å². The molecule has 0 aromatic heterocycles. The molecule has 0 radical (unpaired) electrons. The zero-order chi connectivity index (χ0) is 10.9. The van der Waals surface area contributed by atoms with Crippen molar-refractivity contribution in [3.63, 3.8) is 0 Å². The number of carbonyl (C=O) groups excluding carboxylic acids is 2. The predicted molar refractivity (Wildman–Crippen MR) is 59.8 cm³/mol. The molecule has 1 rings (SSSR count). The minimum absolute atomic E-state index is 0.112. The molecule has 1 fully saturated rings. The molecule has 3 heteroatoms. The maximum atomic E-state index is 11.4. The van der Waals surface area contributed by atoms with Crippen molar-refractivity contribution in [1.29, 1.82) is 0 Å². The van der Waals surface area contributed by atoms with Crippen LogP contribution in [0.4, 0.5) is 0 Å². The van der Waals surface area contributed by atoms with Crippen LogP contribution in [0.5, 0.6) is 0 Å². The summed E-state index contributed by atoms with van der Waals surface area (Å²) in [5.41, 5.74) is 0. The third-order valence-corrected chi connectivity index (χ3v) is 2.76. The van der Waals surface area contributed by atoms with Crippen LogP contribution < -0.4 is 5.32 Å². The number of nitrogens with one attached hydrogen (secondary N) is 1. The standard InChI is InChI=1S/C12H21NO2/c14-11-6-3-1-2-4-8-13-9-5-7-12(15)10-11/h13H,1-10H2. The van der Waals surface area contributed by atoms with Crippen LogP contribution in [0.15, 0.2) is 0 Å². The lowest BCUT2D eigenvalue weighted by atomic mass is 10.0. The average molecular weight is 211 g/mol. The Morgan fingerprint density at radius 3 is 2.13 bits per heavy atom. The largest absolute Gasteiger partial charge is 0.317 e. The first-order valence-electron chi connectivity index (χ1n) is 6.03. The molecular weight excluding hydrogens is 190 g/mol. The van der Waals surface area contributed by atoms with Crippen LogP contribution in [0.1, 0.15) is 51.4 Å². The summed E-state index contributed by atoms with van der Waals surface area (Å²) in [5.74, 6) is 0.244. The van der Waals surface area contributed by atoms with E-state index in [1.165, 1.54) is 12.8 Å². The number of rotatable bonds is 0. The maximum Gasteiger partial charge on any atom is 0.140 e. The molecule has 1 N–H and O–H groups in total. The fourth-order valence-electron chi connectivity index (χ4n) is 1.86. The SMILES string of the molecule is O=C1CCCCCCNCCCC(=O)C1. The van der Waals surface area contributed by atoms with Gasteiger partial charge < -0.3 is 5.32 Å². The van der Waals surface area contributed by atoms with E-state index in [4.69, 9.17) is 0 Å². The van der Waals surface area contributed by atoms with Crippen LogP contribution >= 0.6 is 0 Å². The molecule has 0 aliphatic carbocycles. The van der Waals surface area contributed by atoms with Crippen molar-refractivity contribution in [3.8, 4) is 0 Å². The molecule has 0 aromatic rings. The van der Waals surface area contributed by atoms with Crippen molar-refractivity contribution in [2.45, 2.75) is 51.4 Å². The highest BCUT2D eigenvalue weighted by Crippen LogP contribution is 2.07. The normalized spacial score (nSPS) is 22.7. The summed E-state index contributed by atoms with van der Waals surface area (Å²) >= 11 is 0. The van der Waals surface area contributed by atoms with E-state index in [1.54, 1.807) is 0 Å². The molecule has 15 heavy (non-hydrogen) atoms. The first kappa shape index (κ1) is 12.4. The van der Waals surface area contributed by atoms with E-state index in [2.05, 4.69) is 5.32 Å². The van der Waals surface area contributed by atoms with Crippen LogP contribution in [0.25, 0.3) is 0 Å². The summed E-state index contributed by atoms with van der Waals surface area (Å²) in [6.07, 6.45) is 6.62. The third-order valence-electron chi connectivity index (χ3n) is 2.76. The Morgan fingerprint density at radius 2 is 1.33 bits per heavy atom. The van der Waals surface area contributed by atoms with Gasteiger partial charge in [-0.25, -0.2) is 0 Å². The monoisotopic (exact) mass is 211 g/mol. The second-order valence-electron chi connectivity index (χ2n) is 4.27. The average Bonchev–Trinajstić information content (AvgIpc) is 2.21. The summed E-state index contributed by atoms with van der Waals surface area (Å²) in [7, 11) is 0. The van der Waals surface area contributed by atoms with Gasteiger partial charge in [0.15, 0.2) is 0 Å². The molecule has 3 nitrogen and oxygen atoms in total. The third kappa shape index (κ3) is 6.39. The minimum Gasteiger partial charge on any atom is -0.317 e. The Balaban J connectivity index is 2.29. The molecule has 1 heterocycles. The highest BCUT2D eigenvalue weighted by atomic mass is 16.1. The van der Waals surface area contributed by atoms with Gasteiger partial charge in [-0.1, -0.05) is 12.8 Å². The molecule has 1 aliphatic rings. The minimum atomic E-state index is 0.112. The van der Waals surface area contributed by atoms with Gasteiger partial charge in [0, 0.05) is 12.8 Å².